The quantitative estimate of drug-likeness (QED) is 0.758. The van der Waals surface area contributed by atoms with Gasteiger partial charge in [-0.15, -0.1) is 11.3 Å². The minimum atomic E-state index is -0.242. The van der Waals surface area contributed by atoms with E-state index in [2.05, 4.69) is 16.8 Å². The van der Waals surface area contributed by atoms with Crippen LogP contribution in [0.2, 0.25) is 0 Å². The van der Waals surface area contributed by atoms with Crippen molar-refractivity contribution in [3.05, 3.63) is 51.7 Å². The Morgan fingerprint density at radius 1 is 1.17 bits per heavy atom. The summed E-state index contributed by atoms with van der Waals surface area (Å²) in [5, 5.41) is 4.92. The van der Waals surface area contributed by atoms with Crippen molar-refractivity contribution in [2.45, 2.75) is 39.2 Å². The van der Waals surface area contributed by atoms with E-state index in [1.54, 1.807) is 18.4 Å². The number of amides is 3. The number of fused-ring (bicyclic) bond motifs is 1. The highest BCUT2D eigenvalue weighted by Gasteiger charge is 2.22. The zero-order valence-corrected chi connectivity index (χ0v) is 17.8. The molecule has 1 aliphatic heterocycles. The van der Waals surface area contributed by atoms with Gasteiger partial charge in [0.25, 0.3) is 0 Å². The van der Waals surface area contributed by atoms with Gasteiger partial charge in [-0.05, 0) is 41.5 Å². The molecular weight excluding hydrogens is 386 g/mol. The van der Waals surface area contributed by atoms with Gasteiger partial charge in [0.15, 0.2) is 0 Å². The maximum absolute atomic E-state index is 12.5. The Kier molecular flexibility index (Phi) is 7.04. The summed E-state index contributed by atoms with van der Waals surface area (Å²) < 4.78 is 0. The normalized spacial score (nSPS) is 13.0. The maximum atomic E-state index is 12.5. The predicted octanol–water partition coefficient (Wildman–Crippen LogP) is 3.07. The fourth-order valence-corrected chi connectivity index (χ4v) is 4.36. The van der Waals surface area contributed by atoms with Crippen LogP contribution in [0.15, 0.2) is 35.7 Å². The second kappa shape index (κ2) is 9.69. The van der Waals surface area contributed by atoms with Crippen molar-refractivity contribution in [3.63, 3.8) is 0 Å². The first-order valence-corrected chi connectivity index (χ1v) is 10.8. The zero-order valence-electron chi connectivity index (χ0n) is 16.9. The third kappa shape index (κ3) is 5.44. The van der Waals surface area contributed by atoms with Crippen LogP contribution in [0.3, 0.4) is 0 Å². The smallest absolute Gasteiger partial charge is 0.243 e. The van der Waals surface area contributed by atoms with Crippen LogP contribution in [0.4, 0.5) is 5.69 Å². The van der Waals surface area contributed by atoms with E-state index in [0.29, 0.717) is 13.1 Å². The molecule has 6 nitrogen and oxygen atoms in total. The van der Waals surface area contributed by atoms with E-state index >= 15 is 0 Å². The summed E-state index contributed by atoms with van der Waals surface area (Å²) in [7, 11) is 1.59. The Morgan fingerprint density at radius 2 is 1.97 bits per heavy atom. The summed E-state index contributed by atoms with van der Waals surface area (Å²) in [4.78, 5) is 41.7. The molecule has 0 atom stereocenters. The van der Waals surface area contributed by atoms with E-state index in [1.165, 1.54) is 15.3 Å². The number of carbonyl (C=O) groups excluding carboxylic acids is 3. The summed E-state index contributed by atoms with van der Waals surface area (Å²) in [5.41, 5.74) is 3.03. The van der Waals surface area contributed by atoms with Gasteiger partial charge in [-0.3, -0.25) is 14.4 Å². The SMILES string of the molecule is CCc1ccccc1NC(=O)CN(C)C(=O)CCC(=O)N1CCc2sccc2C1. The molecule has 2 heterocycles. The topological polar surface area (TPSA) is 69.7 Å². The van der Waals surface area contributed by atoms with Crippen LogP contribution in [-0.2, 0) is 33.8 Å². The Balaban J connectivity index is 1.44. The zero-order chi connectivity index (χ0) is 20.8. The number of nitrogens with one attached hydrogen (secondary N) is 1. The van der Waals surface area contributed by atoms with Gasteiger partial charge in [-0.2, -0.15) is 0 Å². The Morgan fingerprint density at radius 3 is 2.76 bits per heavy atom. The lowest BCUT2D eigenvalue weighted by molar-refractivity contribution is -0.137. The average molecular weight is 414 g/mol. The first-order valence-electron chi connectivity index (χ1n) is 9.92. The average Bonchev–Trinajstić information content (AvgIpc) is 3.19. The highest BCUT2D eigenvalue weighted by Crippen LogP contribution is 2.24. The maximum Gasteiger partial charge on any atom is 0.243 e. The summed E-state index contributed by atoms with van der Waals surface area (Å²) in [6.45, 7) is 3.32. The molecule has 0 saturated carbocycles. The summed E-state index contributed by atoms with van der Waals surface area (Å²) in [5.74, 6) is -0.454. The van der Waals surface area contributed by atoms with Crippen molar-refractivity contribution in [3.8, 4) is 0 Å². The Hall–Kier alpha value is -2.67. The molecule has 0 fully saturated rings. The first-order chi connectivity index (χ1) is 14.0. The van der Waals surface area contributed by atoms with Crippen molar-refractivity contribution in [1.82, 2.24) is 9.80 Å². The molecular formula is C22H27N3O3S. The van der Waals surface area contributed by atoms with E-state index in [0.717, 1.165) is 24.1 Å². The molecule has 0 aliphatic carbocycles. The van der Waals surface area contributed by atoms with Crippen molar-refractivity contribution in [1.29, 1.82) is 0 Å². The highest BCUT2D eigenvalue weighted by atomic mass is 32.1. The number of para-hydroxylation sites is 1. The lowest BCUT2D eigenvalue weighted by atomic mass is 10.1. The van der Waals surface area contributed by atoms with Crippen molar-refractivity contribution in [2.75, 3.05) is 25.5 Å². The number of carbonyl (C=O) groups is 3. The third-order valence-corrected chi connectivity index (χ3v) is 6.21. The molecule has 154 valence electrons. The van der Waals surface area contributed by atoms with Crippen LogP contribution in [0.25, 0.3) is 0 Å². The molecule has 1 aliphatic rings. The molecule has 0 bridgehead atoms. The predicted molar refractivity (Wildman–Crippen MR) is 115 cm³/mol. The molecule has 0 unspecified atom stereocenters. The number of benzene rings is 1. The number of likely N-dealkylation sites (N-methyl/N-ethyl adjacent to an activating group) is 1. The van der Waals surface area contributed by atoms with E-state index < -0.39 is 0 Å². The summed E-state index contributed by atoms with van der Waals surface area (Å²) in [6.07, 6.45) is 1.98. The molecule has 3 amide bonds. The monoisotopic (exact) mass is 413 g/mol. The largest absolute Gasteiger partial charge is 0.338 e. The number of hydrogen-bond donors (Lipinski definition) is 1. The van der Waals surface area contributed by atoms with Crippen LogP contribution in [0, 0.1) is 0 Å². The standard InChI is InChI=1S/C22H27N3O3S/c1-3-16-6-4-5-7-18(16)23-20(26)15-24(2)21(27)8-9-22(28)25-12-10-19-17(14-25)11-13-29-19/h4-7,11,13H,3,8-10,12,14-15H2,1-2H3,(H,23,26). The molecule has 1 N–H and O–H groups in total. The van der Waals surface area contributed by atoms with E-state index in [9.17, 15) is 14.4 Å². The second-order valence-electron chi connectivity index (χ2n) is 7.24. The van der Waals surface area contributed by atoms with Gasteiger partial charge < -0.3 is 15.1 Å². The molecule has 7 heteroatoms. The lowest BCUT2D eigenvalue weighted by Gasteiger charge is -2.27. The second-order valence-corrected chi connectivity index (χ2v) is 8.24. The molecule has 1 aromatic heterocycles. The third-order valence-electron chi connectivity index (χ3n) is 5.19. The minimum Gasteiger partial charge on any atom is -0.338 e. The van der Waals surface area contributed by atoms with Gasteiger partial charge in [0.1, 0.15) is 0 Å². The van der Waals surface area contributed by atoms with Crippen molar-refractivity contribution < 1.29 is 14.4 Å². The molecule has 2 aromatic rings. The number of rotatable bonds is 7. The molecule has 0 radical (unpaired) electrons. The van der Waals surface area contributed by atoms with Crippen LogP contribution in [-0.4, -0.2) is 47.7 Å². The Bertz CT molecular complexity index is 893. The highest BCUT2D eigenvalue weighted by molar-refractivity contribution is 7.10. The minimum absolute atomic E-state index is 0.00933. The lowest BCUT2D eigenvalue weighted by Crippen LogP contribution is -2.38. The van der Waals surface area contributed by atoms with E-state index in [4.69, 9.17) is 0 Å². The molecule has 1 aromatic carbocycles. The molecule has 0 saturated heterocycles. The van der Waals surface area contributed by atoms with E-state index in [-0.39, 0.29) is 37.1 Å². The molecule has 0 spiro atoms. The summed E-state index contributed by atoms with van der Waals surface area (Å²) >= 11 is 1.73. The van der Waals surface area contributed by atoms with Crippen molar-refractivity contribution in [2.24, 2.45) is 0 Å². The number of anilines is 1. The van der Waals surface area contributed by atoms with Crippen LogP contribution in [0.5, 0.6) is 0 Å². The number of hydrogen-bond acceptors (Lipinski definition) is 4. The molecule has 29 heavy (non-hydrogen) atoms. The van der Waals surface area contributed by atoms with Crippen LogP contribution < -0.4 is 5.32 Å². The van der Waals surface area contributed by atoms with Gasteiger partial charge >= 0.3 is 0 Å². The van der Waals surface area contributed by atoms with Crippen LogP contribution >= 0.6 is 11.3 Å². The summed E-state index contributed by atoms with van der Waals surface area (Å²) in [6, 6.07) is 9.69. The molecule has 3 rings (SSSR count). The number of aryl methyl sites for hydroxylation is 1. The van der Waals surface area contributed by atoms with Crippen LogP contribution in [0.1, 0.15) is 35.8 Å². The Labute approximate surface area is 175 Å². The van der Waals surface area contributed by atoms with Crippen molar-refractivity contribution >= 4 is 34.7 Å². The van der Waals surface area contributed by atoms with Gasteiger partial charge in [0, 0.05) is 43.5 Å². The number of thiophene rings is 1. The first kappa shape index (κ1) is 21.0. The van der Waals surface area contributed by atoms with E-state index in [1.807, 2.05) is 36.1 Å². The van der Waals surface area contributed by atoms with Gasteiger partial charge in [-0.1, -0.05) is 25.1 Å². The number of nitrogens with zero attached hydrogens (tertiary/aromatic N) is 2. The fraction of sp³-hybridized carbons (Fsp3) is 0.409. The van der Waals surface area contributed by atoms with Gasteiger partial charge in [0.2, 0.25) is 17.7 Å². The van der Waals surface area contributed by atoms with Gasteiger partial charge in [-0.25, -0.2) is 0 Å². The van der Waals surface area contributed by atoms with Gasteiger partial charge in [0.05, 0.1) is 6.54 Å². The fourth-order valence-electron chi connectivity index (χ4n) is 3.47.